The zero-order valence-corrected chi connectivity index (χ0v) is 19.1. The van der Waals surface area contributed by atoms with Crippen LogP contribution in [0.15, 0.2) is 48.2 Å². The van der Waals surface area contributed by atoms with Crippen LogP contribution in [-0.2, 0) is 0 Å². The van der Waals surface area contributed by atoms with E-state index < -0.39 is 0 Å². The molecule has 1 aromatic carbocycles. The largest absolute Gasteiger partial charge is 0.497 e. The van der Waals surface area contributed by atoms with Crippen LogP contribution in [0.25, 0.3) is 22.0 Å². The van der Waals surface area contributed by atoms with E-state index in [1.165, 1.54) is 0 Å². The molecule has 4 aromatic rings. The molecule has 0 saturated heterocycles. The van der Waals surface area contributed by atoms with Gasteiger partial charge >= 0.3 is 0 Å². The number of hydrogen-bond donors (Lipinski definition) is 1. The van der Waals surface area contributed by atoms with Crippen LogP contribution in [0.2, 0.25) is 0 Å². The summed E-state index contributed by atoms with van der Waals surface area (Å²) in [5.41, 5.74) is 3.34. The van der Waals surface area contributed by atoms with Gasteiger partial charge in [0.25, 0.3) is 0 Å². The van der Waals surface area contributed by atoms with Crippen molar-refractivity contribution in [2.75, 3.05) is 7.11 Å². The number of hydrogen-bond acceptors (Lipinski definition) is 7. The molecule has 3 aromatic heterocycles. The van der Waals surface area contributed by atoms with E-state index in [2.05, 4.69) is 39.2 Å². The van der Waals surface area contributed by atoms with E-state index in [1.807, 2.05) is 43.5 Å². The number of benzene rings is 1. The zero-order valence-electron chi connectivity index (χ0n) is 18.2. The molecule has 4 rings (SSSR count). The number of ketones is 1. The number of thiazole rings is 1. The molecule has 0 radical (unpaired) electrons. The fourth-order valence-electron chi connectivity index (χ4n) is 2.70. The molecule has 0 bridgehead atoms. The lowest BCUT2D eigenvalue weighted by Gasteiger charge is -2.02. The predicted octanol–water partition coefficient (Wildman–Crippen LogP) is 8.09. The van der Waals surface area contributed by atoms with Crippen molar-refractivity contribution >= 4 is 17.1 Å². The van der Waals surface area contributed by atoms with Gasteiger partial charge in [-0.05, 0) is 38.1 Å². The van der Waals surface area contributed by atoms with E-state index in [4.69, 9.17) is 4.74 Å². The number of carbonyl (C=O) groups excluding carboxylic acids is 1. The summed E-state index contributed by atoms with van der Waals surface area (Å²) >= 11 is 1.57. The normalized spacial score (nSPS) is 9.31. The van der Waals surface area contributed by atoms with E-state index in [9.17, 15) is 4.79 Å². The first-order valence-electron chi connectivity index (χ1n) is 9.94. The van der Waals surface area contributed by atoms with Crippen molar-refractivity contribution in [2.45, 2.75) is 70.9 Å². The van der Waals surface area contributed by atoms with Crippen molar-refractivity contribution in [3.63, 3.8) is 0 Å². The van der Waals surface area contributed by atoms with Gasteiger partial charge in [0.1, 0.15) is 22.1 Å². The standard InChI is InChI=1S/C15H16N4OS.C7H10N2O.5CH4/c1-10(2)19-17-13(11-4-6-12(20-3)7-5-11)14(18-19)15-16-8-9-21-15;1-5(2)7(10)6-3-8-9-4-6;;;;;/h4-10H,1-3H3;3-5H,1-2H3,(H,8,9);5*1H4. The highest BCUT2D eigenvalue weighted by molar-refractivity contribution is 7.13. The summed E-state index contributed by atoms with van der Waals surface area (Å²) in [5, 5.41) is 18.3. The molecule has 0 unspecified atom stereocenters. The lowest BCUT2D eigenvalue weighted by molar-refractivity contribution is 0.0939. The maximum absolute atomic E-state index is 11.1. The lowest BCUT2D eigenvalue weighted by Crippen LogP contribution is -2.05. The smallest absolute Gasteiger partial charge is 0.168 e. The fourth-order valence-corrected chi connectivity index (χ4v) is 3.32. The minimum atomic E-state index is 0. The Morgan fingerprint density at radius 3 is 2.03 bits per heavy atom. The molecule has 0 amide bonds. The van der Waals surface area contributed by atoms with Crippen molar-refractivity contribution in [3.8, 4) is 27.7 Å². The van der Waals surface area contributed by atoms with E-state index in [0.29, 0.717) is 5.56 Å². The van der Waals surface area contributed by atoms with Crippen LogP contribution in [0.5, 0.6) is 5.75 Å². The number of aromatic nitrogens is 6. The third-order valence-electron chi connectivity index (χ3n) is 4.40. The highest BCUT2D eigenvalue weighted by Gasteiger charge is 2.18. The van der Waals surface area contributed by atoms with Gasteiger partial charge in [0.15, 0.2) is 5.78 Å². The van der Waals surface area contributed by atoms with Gasteiger partial charge in [-0.2, -0.15) is 15.0 Å². The predicted molar refractivity (Wildman–Crippen MR) is 155 cm³/mol. The molecule has 0 saturated carbocycles. The van der Waals surface area contributed by atoms with Crippen LogP contribution in [0.1, 0.15) is 81.2 Å². The first kappa shape index (κ1) is 37.2. The SMILES string of the molecule is C.C.C.C.C.CC(C)C(=O)c1cn[nH]c1.COc1ccc(-c2nn(C(C)C)nc2-c2nccs2)cc1. The van der Waals surface area contributed by atoms with Crippen LogP contribution in [-0.4, -0.2) is 43.1 Å². The summed E-state index contributed by atoms with van der Waals surface area (Å²) in [5.74, 6) is 1.01. The average molecular weight is 519 g/mol. The van der Waals surface area contributed by atoms with Crippen molar-refractivity contribution in [2.24, 2.45) is 5.92 Å². The number of rotatable bonds is 6. The number of H-pyrrole nitrogens is 1. The summed E-state index contributed by atoms with van der Waals surface area (Å²) in [6.07, 6.45) is 4.94. The van der Waals surface area contributed by atoms with Crippen molar-refractivity contribution in [1.82, 2.24) is 30.2 Å². The van der Waals surface area contributed by atoms with Crippen LogP contribution in [0, 0.1) is 5.92 Å². The Hall–Kier alpha value is -3.33. The second kappa shape index (κ2) is 17.2. The molecule has 202 valence electrons. The van der Waals surface area contributed by atoms with Gasteiger partial charge < -0.3 is 4.74 Å². The Labute approximate surface area is 222 Å². The Kier molecular flexibility index (Phi) is 17.7. The Morgan fingerprint density at radius 2 is 1.58 bits per heavy atom. The molecule has 0 fully saturated rings. The van der Waals surface area contributed by atoms with Crippen LogP contribution in [0.4, 0.5) is 0 Å². The Morgan fingerprint density at radius 1 is 0.972 bits per heavy atom. The van der Waals surface area contributed by atoms with Gasteiger partial charge in [0, 0.05) is 29.3 Å². The fraction of sp³-hybridized carbons (Fsp3) is 0.444. The summed E-state index contributed by atoms with van der Waals surface area (Å²) < 4.78 is 5.20. The zero-order chi connectivity index (χ0) is 22.4. The van der Waals surface area contributed by atoms with Crippen LogP contribution in [0.3, 0.4) is 0 Å². The van der Waals surface area contributed by atoms with Gasteiger partial charge in [0.05, 0.1) is 24.9 Å². The minimum Gasteiger partial charge on any atom is -0.497 e. The first-order valence-corrected chi connectivity index (χ1v) is 10.8. The molecule has 0 aliphatic carbocycles. The quantitative estimate of drug-likeness (QED) is 0.259. The highest BCUT2D eigenvalue weighted by atomic mass is 32.1. The molecule has 3 heterocycles. The summed E-state index contributed by atoms with van der Waals surface area (Å²) in [6, 6.07) is 8.04. The molecule has 0 aliphatic rings. The van der Waals surface area contributed by atoms with Crippen molar-refractivity contribution < 1.29 is 9.53 Å². The van der Waals surface area contributed by atoms with E-state index >= 15 is 0 Å². The molecule has 0 aliphatic heterocycles. The summed E-state index contributed by atoms with van der Waals surface area (Å²) in [6.45, 7) is 7.86. The summed E-state index contributed by atoms with van der Waals surface area (Å²) in [7, 11) is 1.66. The number of aromatic amines is 1. The highest BCUT2D eigenvalue weighted by Crippen LogP contribution is 2.31. The number of Topliss-reactive ketones (excluding diaryl/α,β-unsaturated/α-hetero) is 1. The lowest BCUT2D eigenvalue weighted by atomic mass is 10.1. The van der Waals surface area contributed by atoms with Gasteiger partial charge in [-0.3, -0.25) is 9.89 Å². The first-order chi connectivity index (χ1) is 14.9. The number of carbonyl (C=O) groups is 1. The van der Waals surface area contributed by atoms with E-state index in [-0.39, 0.29) is 54.9 Å². The number of ether oxygens (including phenoxy) is 1. The maximum atomic E-state index is 11.1. The molecule has 8 nitrogen and oxygen atoms in total. The average Bonchev–Trinajstić information content (AvgIpc) is 3.54. The van der Waals surface area contributed by atoms with Crippen molar-refractivity contribution in [1.29, 1.82) is 0 Å². The molecule has 1 N–H and O–H groups in total. The second-order valence-corrected chi connectivity index (χ2v) is 8.28. The molecular formula is C27H46N6O2S. The molecular weight excluding hydrogens is 472 g/mol. The van der Waals surface area contributed by atoms with Gasteiger partial charge in [0.2, 0.25) is 0 Å². The van der Waals surface area contributed by atoms with E-state index in [1.54, 1.807) is 41.8 Å². The monoisotopic (exact) mass is 518 g/mol. The van der Waals surface area contributed by atoms with Gasteiger partial charge in [-0.1, -0.05) is 51.0 Å². The molecule has 0 atom stereocenters. The number of nitrogens with zero attached hydrogens (tertiary/aromatic N) is 5. The maximum Gasteiger partial charge on any atom is 0.168 e. The van der Waals surface area contributed by atoms with Gasteiger partial charge in [-0.15, -0.1) is 16.4 Å². The third-order valence-corrected chi connectivity index (χ3v) is 5.18. The molecule has 0 spiro atoms. The Bertz CT molecular complexity index is 1090. The van der Waals surface area contributed by atoms with Crippen LogP contribution >= 0.6 is 11.3 Å². The topological polar surface area (TPSA) is 98.6 Å². The van der Waals surface area contributed by atoms with Crippen LogP contribution < -0.4 is 4.74 Å². The Balaban J connectivity index is -0.000000633. The second-order valence-electron chi connectivity index (χ2n) is 7.38. The van der Waals surface area contributed by atoms with E-state index in [0.717, 1.165) is 27.7 Å². The number of nitrogens with one attached hydrogen (secondary N) is 1. The van der Waals surface area contributed by atoms with Crippen molar-refractivity contribution in [3.05, 3.63) is 53.8 Å². The molecule has 9 heteroatoms. The minimum absolute atomic E-state index is 0. The number of methoxy groups -OCH3 is 1. The summed E-state index contributed by atoms with van der Waals surface area (Å²) in [4.78, 5) is 17.2. The molecule has 36 heavy (non-hydrogen) atoms. The van der Waals surface area contributed by atoms with Gasteiger partial charge in [-0.25, -0.2) is 4.98 Å². The third kappa shape index (κ3) is 9.03.